The average molecular weight is 202 g/mol. The molecular weight excluding hydrogens is 190 g/mol. The molecule has 0 amide bonds. The van der Waals surface area contributed by atoms with Crippen LogP contribution in [0.1, 0.15) is 11.3 Å². The second kappa shape index (κ2) is 4.46. The van der Waals surface area contributed by atoms with Gasteiger partial charge in [0.1, 0.15) is 0 Å². The van der Waals surface area contributed by atoms with Gasteiger partial charge in [0.05, 0.1) is 6.26 Å². The van der Waals surface area contributed by atoms with Crippen LogP contribution in [0.5, 0.6) is 0 Å². The van der Waals surface area contributed by atoms with E-state index in [9.17, 15) is 5.21 Å². The van der Waals surface area contributed by atoms with Crippen molar-refractivity contribution in [2.24, 2.45) is 0 Å². The molecular formula is C12H12NO2+. The average Bonchev–Trinajstić information content (AvgIpc) is 2.71. The van der Waals surface area contributed by atoms with Crippen LogP contribution in [0, 0.1) is 0 Å². The lowest BCUT2D eigenvalue weighted by Gasteiger charge is -1.93. The molecule has 3 nitrogen and oxygen atoms in total. The van der Waals surface area contributed by atoms with Crippen LogP contribution in [0.2, 0.25) is 0 Å². The minimum Gasteiger partial charge on any atom is -0.459 e. The fourth-order valence-electron chi connectivity index (χ4n) is 1.33. The van der Waals surface area contributed by atoms with Gasteiger partial charge in [-0.1, -0.05) is 30.3 Å². The molecule has 0 spiro atoms. The molecule has 1 heterocycles. The van der Waals surface area contributed by atoms with Gasteiger partial charge in [0.15, 0.2) is 5.76 Å². The third-order valence-electron chi connectivity index (χ3n) is 2.01. The van der Waals surface area contributed by atoms with E-state index in [-0.39, 0.29) is 0 Å². The lowest BCUT2D eigenvalue weighted by Crippen LogP contribution is -2.07. The van der Waals surface area contributed by atoms with Crippen molar-refractivity contribution in [1.82, 2.24) is 0 Å². The first-order valence-electron chi connectivity index (χ1n) is 4.72. The summed E-state index contributed by atoms with van der Waals surface area (Å²) in [6.45, 7) is 0.446. The number of hydrogen-bond donors (Lipinski definition) is 1. The molecule has 1 N–H and O–H groups in total. The summed E-state index contributed by atoms with van der Waals surface area (Å²) in [7, 11) is 0. The Morgan fingerprint density at radius 2 is 1.93 bits per heavy atom. The molecule has 3 heteroatoms. The van der Waals surface area contributed by atoms with Crippen LogP contribution in [0.3, 0.4) is 0 Å². The van der Waals surface area contributed by atoms with Crippen LogP contribution in [-0.2, 0) is 6.54 Å². The Hall–Kier alpha value is -2.03. The highest BCUT2D eigenvalue weighted by Crippen LogP contribution is 2.00. The van der Waals surface area contributed by atoms with E-state index in [0.29, 0.717) is 12.3 Å². The van der Waals surface area contributed by atoms with E-state index in [1.165, 1.54) is 0 Å². The molecule has 0 radical (unpaired) electrons. The van der Waals surface area contributed by atoms with Crippen molar-refractivity contribution in [2.75, 3.05) is 0 Å². The number of hydroxylamine groups is 1. The first-order chi connectivity index (χ1) is 7.34. The van der Waals surface area contributed by atoms with Gasteiger partial charge in [0, 0.05) is 5.56 Å². The summed E-state index contributed by atoms with van der Waals surface area (Å²) in [6, 6.07) is 13.3. The fourth-order valence-corrected chi connectivity index (χ4v) is 1.33. The predicted octanol–water partition coefficient (Wildman–Crippen LogP) is 2.30. The van der Waals surface area contributed by atoms with Gasteiger partial charge in [0.2, 0.25) is 6.54 Å². The SMILES string of the molecule is O[N+](=Cc1ccco1)Cc1ccccc1. The van der Waals surface area contributed by atoms with Crippen molar-refractivity contribution < 1.29 is 14.4 Å². The molecule has 0 unspecified atom stereocenters. The molecule has 0 bridgehead atoms. The Balaban J connectivity index is 2.07. The molecule has 0 aliphatic carbocycles. The first kappa shape index (κ1) is 9.52. The van der Waals surface area contributed by atoms with Crippen molar-refractivity contribution in [3.63, 3.8) is 0 Å². The molecule has 0 saturated carbocycles. The van der Waals surface area contributed by atoms with Crippen molar-refractivity contribution in [2.45, 2.75) is 6.54 Å². The summed E-state index contributed by atoms with van der Waals surface area (Å²) < 4.78 is 6.19. The maximum atomic E-state index is 9.59. The fraction of sp³-hybridized carbons (Fsp3) is 0.0833. The quantitative estimate of drug-likeness (QED) is 0.359. The van der Waals surface area contributed by atoms with E-state index >= 15 is 0 Å². The normalized spacial score (nSPS) is 11.6. The number of nitrogens with zero attached hydrogens (tertiary/aromatic N) is 1. The van der Waals surface area contributed by atoms with Gasteiger partial charge in [0.25, 0.3) is 6.21 Å². The molecule has 2 aromatic rings. The minimum atomic E-state index is 0.446. The standard InChI is InChI=1S/C12H12NO2/c14-13(10-12-7-4-8-15-12)9-11-5-2-1-3-6-11/h1-8,10,14H,9H2/q+1. The van der Waals surface area contributed by atoms with Crippen LogP contribution >= 0.6 is 0 Å². The predicted molar refractivity (Wildman–Crippen MR) is 56.1 cm³/mol. The highest BCUT2D eigenvalue weighted by atomic mass is 16.5. The maximum absolute atomic E-state index is 9.59. The second-order valence-corrected chi connectivity index (χ2v) is 3.23. The molecule has 1 aromatic heterocycles. The lowest BCUT2D eigenvalue weighted by atomic mass is 10.2. The molecule has 0 aliphatic heterocycles. The summed E-state index contributed by atoms with van der Waals surface area (Å²) in [5.74, 6) is 0.633. The Morgan fingerprint density at radius 1 is 1.13 bits per heavy atom. The summed E-state index contributed by atoms with van der Waals surface area (Å²) in [6.07, 6.45) is 3.12. The van der Waals surface area contributed by atoms with Crippen LogP contribution in [0.15, 0.2) is 53.1 Å². The van der Waals surface area contributed by atoms with Crippen LogP contribution in [0.4, 0.5) is 0 Å². The minimum absolute atomic E-state index is 0.446. The van der Waals surface area contributed by atoms with E-state index < -0.39 is 0 Å². The Morgan fingerprint density at radius 3 is 2.60 bits per heavy atom. The maximum Gasteiger partial charge on any atom is 0.258 e. The molecule has 76 valence electrons. The molecule has 0 saturated heterocycles. The van der Waals surface area contributed by atoms with Crippen molar-refractivity contribution >= 4 is 6.21 Å². The van der Waals surface area contributed by atoms with Gasteiger partial charge in [-0.2, -0.15) is 0 Å². The smallest absolute Gasteiger partial charge is 0.258 e. The number of rotatable bonds is 3. The number of benzene rings is 1. The van der Waals surface area contributed by atoms with E-state index in [2.05, 4.69) is 0 Å². The Bertz CT molecular complexity index is 432. The van der Waals surface area contributed by atoms with Gasteiger partial charge in [-0.15, -0.1) is 0 Å². The molecule has 2 rings (SSSR count). The van der Waals surface area contributed by atoms with Crippen LogP contribution in [-0.4, -0.2) is 16.2 Å². The highest BCUT2D eigenvalue weighted by Gasteiger charge is 2.04. The third kappa shape index (κ3) is 2.71. The summed E-state index contributed by atoms with van der Waals surface area (Å²) in [5.41, 5.74) is 1.04. The number of furan rings is 1. The zero-order valence-corrected chi connectivity index (χ0v) is 8.21. The lowest BCUT2D eigenvalue weighted by molar-refractivity contribution is -0.783. The summed E-state index contributed by atoms with van der Waals surface area (Å²) in [4.78, 5) is 0. The first-order valence-corrected chi connectivity index (χ1v) is 4.72. The van der Waals surface area contributed by atoms with E-state index in [4.69, 9.17) is 4.42 Å². The van der Waals surface area contributed by atoms with Gasteiger partial charge < -0.3 is 4.42 Å². The van der Waals surface area contributed by atoms with E-state index in [1.54, 1.807) is 24.6 Å². The van der Waals surface area contributed by atoms with Gasteiger partial charge >= 0.3 is 0 Å². The van der Waals surface area contributed by atoms with Crippen LogP contribution < -0.4 is 0 Å². The highest BCUT2D eigenvalue weighted by molar-refractivity contribution is 5.70. The molecule has 0 fully saturated rings. The zero-order chi connectivity index (χ0) is 10.5. The van der Waals surface area contributed by atoms with Crippen molar-refractivity contribution in [1.29, 1.82) is 0 Å². The topological polar surface area (TPSA) is 36.4 Å². The van der Waals surface area contributed by atoms with Gasteiger partial charge in [-0.25, -0.2) is 0 Å². The van der Waals surface area contributed by atoms with Gasteiger partial charge in [-0.3, -0.25) is 5.21 Å². The van der Waals surface area contributed by atoms with E-state index in [1.807, 2.05) is 30.3 Å². The third-order valence-corrected chi connectivity index (χ3v) is 2.01. The summed E-state index contributed by atoms with van der Waals surface area (Å²) >= 11 is 0. The van der Waals surface area contributed by atoms with E-state index in [0.717, 1.165) is 10.3 Å². The van der Waals surface area contributed by atoms with Crippen molar-refractivity contribution in [3.05, 3.63) is 60.1 Å². The van der Waals surface area contributed by atoms with Crippen LogP contribution in [0.25, 0.3) is 0 Å². The zero-order valence-electron chi connectivity index (χ0n) is 8.21. The summed E-state index contributed by atoms with van der Waals surface area (Å²) in [5, 5.41) is 9.59. The largest absolute Gasteiger partial charge is 0.459 e. The Kier molecular flexibility index (Phi) is 2.83. The van der Waals surface area contributed by atoms with Gasteiger partial charge in [-0.05, 0) is 16.9 Å². The molecule has 1 aromatic carbocycles. The van der Waals surface area contributed by atoms with Crippen molar-refractivity contribution in [3.8, 4) is 0 Å². The molecule has 0 aliphatic rings. The number of hydrogen-bond acceptors (Lipinski definition) is 2. The second-order valence-electron chi connectivity index (χ2n) is 3.23. The Labute approximate surface area is 87.9 Å². The monoisotopic (exact) mass is 202 g/mol. The molecule has 15 heavy (non-hydrogen) atoms. The molecule has 0 atom stereocenters.